The normalized spacial score (nSPS) is 14.6. The molecule has 2 unspecified atom stereocenters. The van der Waals surface area contributed by atoms with Gasteiger partial charge in [-0.05, 0) is 32.0 Å². The molecule has 1 amide bonds. The Kier molecular flexibility index (Phi) is 5.61. The van der Waals surface area contributed by atoms with E-state index in [0.717, 1.165) is 0 Å². The number of carbonyl (C=O) groups is 1. The Morgan fingerprint density at radius 1 is 1.59 bits per heavy atom. The molecule has 0 aliphatic carbocycles. The number of nitrogens with zero attached hydrogens (tertiary/aromatic N) is 1. The van der Waals surface area contributed by atoms with E-state index in [4.69, 9.17) is 5.73 Å². The van der Waals surface area contributed by atoms with Crippen LogP contribution in [0.5, 0.6) is 0 Å². The summed E-state index contributed by atoms with van der Waals surface area (Å²) in [6.45, 7) is 2.51. The molecule has 3 N–H and O–H groups in total. The second kappa shape index (κ2) is 6.74. The van der Waals surface area contributed by atoms with Gasteiger partial charge in [0.25, 0.3) is 0 Å². The number of amides is 1. The van der Waals surface area contributed by atoms with Gasteiger partial charge in [-0.2, -0.15) is 0 Å². The molecule has 96 valence electrons. The standard InChI is InChI=1S/C12H21N3OS/c1-4-9(13)12(16)14-8-10(15(2)3)11-6-5-7-17-11/h5-7,9-10H,4,8,13H2,1-3H3,(H,14,16). The van der Waals surface area contributed by atoms with Crippen molar-refractivity contribution in [1.82, 2.24) is 10.2 Å². The van der Waals surface area contributed by atoms with E-state index in [1.165, 1.54) is 4.88 Å². The van der Waals surface area contributed by atoms with Gasteiger partial charge in [0.05, 0.1) is 12.1 Å². The van der Waals surface area contributed by atoms with Crippen molar-refractivity contribution < 1.29 is 4.79 Å². The Morgan fingerprint density at radius 2 is 2.29 bits per heavy atom. The highest BCUT2D eigenvalue weighted by atomic mass is 32.1. The summed E-state index contributed by atoms with van der Waals surface area (Å²) in [5.41, 5.74) is 5.67. The van der Waals surface area contributed by atoms with Gasteiger partial charge < -0.3 is 16.0 Å². The minimum Gasteiger partial charge on any atom is -0.353 e. The zero-order valence-electron chi connectivity index (χ0n) is 10.6. The number of thiophene rings is 1. The lowest BCUT2D eigenvalue weighted by molar-refractivity contribution is -0.122. The van der Waals surface area contributed by atoms with Crippen LogP contribution in [0, 0.1) is 0 Å². The zero-order valence-corrected chi connectivity index (χ0v) is 11.5. The van der Waals surface area contributed by atoms with Crippen molar-refractivity contribution in [1.29, 1.82) is 0 Å². The number of nitrogens with two attached hydrogens (primary N) is 1. The quantitative estimate of drug-likeness (QED) is 0.803. The summed E-state index contributed by atoms with van der Waals surface area (Å²) in [7, 11) is 4.02. The van der Waals surface area contributed by atoms with Crippen LogP contribution >= 0.6 is 11.3 Å². The SMILES string of the molecule is CCC(N)C(=O)NCC(c1cccs1)N(C)C. The molecular formula is C12H21N3OS. The van der Waals surface area contributed by atoms with Crippen LogP contribution in [0.3, 0.4) is 0 Å². The monoisotopic (exact) mass is 255 g/mol. The van der Waals surface area contributed by atoms with Gasteiger partial charge in [0.15, 0.2) is 0 Å². The molecular weight excluding hydrogens is 234 g/mol. The molecule has 0 aromatic carbocycles. The molecule has 4 nitrogen and oxygen atoms in total. The lowest BCUT2D eigenvalue weighted by Crippen LogP contribution is -2.43. The average molecular weight is 255 g/mol. The van der Waals surface area contributed by atoms with E-state index in [0.29, 0.717) is 13.0 Å². The van der Waals surface area contributed by atoms with E-state index in [2.05, 4.69) is 16.3 Å². The Balaban J connectivity index is 2.55. The van der Waals surface area contributed by atoms with Crippen LogP contribution in [0.25, 0.3) is 0 Å². The first-order valence-electron chi connectivity index (χ1n) is 5.79. The number of likely N-dealkylation sites (N-methyl/N-ethyl adjacent to an activating group) is 1. The Bertz CT molecular complexity index is 338. The van der Waals surface area contributed by atoms with Gasteiger partial charge >= 0.3 is 0 Å². The number of carbonyl (C=O) groups excluding carboxylic acids is 1. The number of hydrogen-bond acceptors (Lipinski definition) is 4. The fourth-order valence-electron chi connectivity index (χ4n) is 1.53. The minimum atomic E-state index is -0.402. The van der Waals surface area contributed by atoms with Gasteiger partial charge in [0.2, 0.25) is 5.91 Å². The first-order chi connectivity index (χ1) is 8.06. The summed E-state index contributed by atoms with van der Waals surface area (Å²) in [5, 5.41) is 4.95. The highest BCUT2D eigenvalue weighted by molar-refractivity contribution is 7.10. The van der Waals surface area contributed by atoms with Gasteiger partial charge in [0.1, 0.15) is 0 Å². The Labute approximate surface area is 107 Å². The molecule has 0 radical (unpaired) electrons. The van der Waals surface area contributed by atoms with Crippen LogP contribution in [-0.2, 0) is 4.79 Å². The van der Waals surface area contributed by atoms with Crippen molar-refractivity contribution in [2.24, 2.45) is 5.73 Å². The first kappa shape index (κ1) is 14.2. The summed E-state index contributed by atoms with van der Waals surface area (Å²) >= 11 is 1.70. The smallest absolute Gasteiger partial charge is 0.236 e. The molecule has 0 bridgehead atoms. The maximum absolute atomic E-state index is 11.6. The van der Waals surface area contributed by atoms with Crippen LogP contribution in [0.2, 0.25) is 0 Å². The largest absolute Gasteiger partial charge is 0.353 e. The molecule has 0 aliphatic heterocycles. The zero-order chi connectivity index (χ0) is 12.8. The Hall–Kier alpha value is -0.910. The van der Waals surface area contributed by atoms with Gasteiger partial charge in [-0.1, -0.05) is 13.0 Å². The molecule has 1 aromatic heterocycles. The third-order valence-electron chi connectivity index (χ3n) is 2.74. The second-order valence-corrected chi connectivity index (χ2v) is 5.23. The number of hydrogen-bond donors (Lipinski definition) is 2. The fraction of sp³-hybridized carbons (Fsp3) is 0.583. The average Bonchev–Trinajstić information content (AvgIpc) is 2.81. The third-order valence-corrected chi connectivity index (χ3v) is 3.71. The van der Waals surface area contributed by atoms with E-state index >= 15 is 0 Å². The van der Waals surface area contributed by atoms with Crippen LogP contribution in [-0.4, -0.2) is 37.5 Å². The summed E-state index contributed by atoms with van der Waals surface area (Å²) in [5.74, 6) is -0.0732. The maximum Gasteiger partial charge on any atom is 0.236 e. The second-order valence-electron chi connectivity index (χ2n) is 4.25. The highest BCUT2D eigenvalue weighted by Crippen LogP contribution is 2.22. The van der Waals surface area contributed by atoms with Crippen molar-refractivity contribution in [2.45, 2.75) is 25.4 Å². The predicted octanol–water partition coefficient (Wildman–Crippen LogP) is 1.20. The molecule has 0 spiro atoms. The molecule has 0 saturated carbocycles. The minimum absolute atomic E-state index is 0.0732. The molecule has 0 fully saturated rings. The fourth-order valence-corrected chi connectivity index (χ4v) is 2.45. The molecule has 0 saturated heterocycles. The number of rotatable bonds is 6. The molecule has 1 rings (SSSR count). The van der Waals surface area contributed by atoms with Gasteiger partial charge in [0, 0.05) is 11.4 Å². The van der Waals surface area contributed by atoms with Crippen molar-refractivity contribution in [3.8, 4) is 0 Å². The van der Waals surface area contributed by atoms with Crippen LogP contribution < -0.4 is 11.1 Å². The van der Waals surface area contributed by atoms with Gasteiger partial charge in [-0.3, -0.25) is 4.79 Å². The lowest BCUT2D eigenvalue weighted by atomic mass is 10.2. The van der Waals surface area contributed by atoms with Gasteiger partial charge in [-0.25, -0.2) is 0 Å². The van der Waals surface area contributed by atoms with Crippen LogP contribution in [0.1, 0.15) is 24.3 Å². The molecule has 2 atom stereocenters. The van der Waals surface area contributed by atoms with E-state index < -0.39 is 6.04 Å². The third kappa shape index (κ3) is 4.11. The predicted molar refractivity (Wildman–Crippen MR) is 72.0 cm³/mol. The molecule has 1 aromatic rings. The van der Waals surface area contributed by atoms with Crippen LogP contribution in [0.4, 0.5) is 0 Å². The summed E-state index contributed by atoms with van der Waals surface area (Å²) in [6, 6.07) is 3.92. The van der Waals surface area contributed by atoms with E-state index in [9.17, 15) is 4.79 Å². The van der Waals surface area contributed by atoms with Crippen molar-refractivity contribution in [2.75, 3.05) is 20.6 Å². The highest BCUT2D eigenvalue weighted by Gasteiger charge is 2.17. The van der Waals surface area contributed by atoms with E-state index in [1.807, 2.05) is 32.5 Å². The lowest BCUT2D eigenvalue weighted by Gasteiger charge is -2.24. The summed E-state index contributed by atoms with van der Waals surface area (Å²) in [4.78, 5) is 15.0. The topological polar surface area (TPSA) is 58.4 Å². The van der Waals surface area contributed by atoms with Crippen molar-refractivity contribution in [3.05, 3.63) is 22.4 Å². The molecule has 5 heteroatoms. The first-order valence-corrected chi connectivity index (χ1v) is 6.67. The van der Waals surface area contributed by atoms with Crippen LogP contribution in [0.15, 0.2) is 17.5 Å². The molecule has 1 heterocycles. The molecule has 0 aliphatic rings. The summed E-state index contributed by atoms with van der Waals surface area (Å²) in [6.07, 6.45) is 0.664. The van der Waals surface area contributed by atoms with Crippen molar-refractivity contribution in [3.63, 3.8) is 0 Å². The van der Waals surface area contributed by atoms with E-state index in [-0.39, 0.29) is 11.9 Å². The Morgan fingerprint density at radius 3 is 2.76 bits per heavy atom. The summed E-state index contributed by atoms with van der Waals surface area (Å²) < 4.78 is 0. The van der Waals surface area contributed by atoms with Gasteiger partial charge in [-0.15, -0.1) is 11.3 Å². The number of nitrogens with one attached hydrogen (secondary N) is 1. The maximum atomic E-state index is 11.6. The molecule has 17 heavy (non-hydrogen) atoms. The van der Waals surface area contributed by atoms with E-state index in [1.54, 1.807) is 11.3 Å². The van der Waals surface area contributed by atoms with Crippen molar-refractivity contribution >= 4 is 17.2 Å².